The van der Waals surface area contributed by atoms with E-state index in [1.54, 1.807) is 31.2 Å². The normalized spacial score (nSPS) is 15.1. The fourth-order valence-electron chi connectivity index (χ4n) is 3.11. The van der Waals surface area contributed by atoms with E-state index in [-0.39, 0.29) is 5.91 Å². The standard InChI is InChI=1S/C21H25N3O3/c1-15(27-19-11-5-16(6-12-19)20(22)25)21(26)23-17-7-9-18(10-8-17)24-13-3-2-4-14-24/h5-12,15H,2-4,13-14H2,1H3,(H2,22,25)(H,23,26)/t15-/m0/s1. The SMILES string of the molecule is C[C@H](Oc1ccc(C(N)=O)cc1)C(=O)Nc1ccc(N2CCCCC2)cc1. The lowest BCUT2D eigenvalue weighted by Crippen LogP contribution is -2.30. The third-order valence-electron chi connectivity index (χ3n) is 4.68. The van der Waals surface area contributed by atoms with Crippen LogP contribution in [0.15, 0.2) is 48.5 Å². The van der Waals surface area contributed by atoms with Crippen molar-refractivity contribution >= 4 is 23.2 Å². The number of nitrogens with zero attached hydrogens (tertiary/aromatic N) is 1. The van der Waals surface area contributed by atoms with Crippen molar-refractivity contribution < 1.29 is 14.3 Å². The molecule has 1 saturated heterocycles. The lowest BCUT2D eigenvalue weighted by atomic mass is 10.1. The van der Waals surface area contributed by atoms with Crippen LogP contribution in [0.5, 0.6) is 5.75 Å². The molecule has 1 heterocycles. The predicted octanol–water partition coefficient (Wildman–Crippen LogP) is 3.18. The molecule has 0 radical (unpaired) electrons. The Hall–Kier alpha value is -3.02. The highest BCUT2D eigenvalue weighted by Crippen LogP contribution is 2.22. The third kappa shape index (κ3) is 5.00. The summed E-state index contributed by atoms with van der Waals surface area (Å²) in [7, 11) is 0. The first-order chi connectivity index (χ1) is 13.0. The van der Waals surface area contributed by atoms with Gasteiger partial charge in [0.15, 0.2) is 6.10 Å². The van der Waals surface area contributed by atoms with Gasteiger partial charge in [-0.1, -0.05) is 0 Å². The minimum Gasteiger partial charge on any atom is -0.481 e. The maximum absolute atomic E-state index is 12.4. The maximum Gasteiger partial charge on any atom is 0.265 e. The lowest BCUT2D eigenvalue weighted by molar-refractivity contribution is -0.122. The van der Waals surface area contributed by atoms with Crippen molar-refractivity contribution in [1.82, 2.24) is 0 Å². The summed E-state index contributed by atoms with van der Waals surface area (Å²) < 4.78 is 5.63. The Morgan fingerprint density at radius 1 is 1.00 bits per heavy atom. The van der Waals surface area contributed by atoms with Crippen LogP contribution in [-0.4, -0.2) is 31.0 Å². The number of primary amides is 1. The van der Waals surface area contributed by atoms with Gasteiger partial charge in [0.25, 0.3) is 5.91 Å². The average molecular weight is 367 g/mol. The van der Waals surface area contributed by atoms with E-state index in [1.807, 2.05) is 24.3 Å². The molecule has 1 aliphatic rings. The molecule has 3 N–H and O–H groups in total. The van der Waals surface area contributed by atoms with E-state index in [0.29, 0.717) is 11.3 Å². The molecule has 0 saturated carbocycles. The summed E-state index contributed by atoms with van der Waals surface area (Å²) in [5.74, 6) is -0.233. The van der Waals surface area contributed by atoms with Crippen molar-refractivity contribution in [3.8, 4) is 5.75 Å². The first kappa shape index (κ1) is 18.8. The fraction of sp³-hybridized carbons (Fsp3) is 0.333. The van der Waals surface area contributed by atoms with Crippen molar-refractivity contribution in [2.45, 2.75) is 32.3 Å². The molecule has 0 aliphatic carbocycles. The van der Waals surface area contributed by atoms with Crippen LogP contribution in [0, 0.1) is 0 Å². The van der Waals surface area contributed by atoms with Crippen molar-refractivity contribution in [3.63, 3.8) is 0 Å². The number of carbonyl (C=O) groups is 2. The van der Waals surface area contributed by atoms with Crippen LogP contribution in [0.25, 0.3) is 0 Å². The highest BCUT2D eigenvalue weighted by Gasteiger charge is 2.16. The molecule has 0 spiro atoms. The summed E-state index contributed by atoms with van der Waals surface area (Å²) in [5.41, 5.74) is 7.53. The second-order valence-electron chi connectivity index (χ2n) is 6.73. The van der Waals surface area contributed by atoms with Gasteiger partial charge in [-0.3, -0.25) is 9.59 Å². The van der Waals surface area contributed by atoms with Crippen LogP contribution < -0.4 is 20.7 Å². The van der Waals surface area contributed by atoms with E-state index in [2.05, 4.69) is 10.2 Å². The number of hydrogen-bond acceptors (Lipinski definition) is 4. The van der Waals surface area contributed by atoms with E-state index in [0.717, 1.165) is 18.8 Å². The largest absolute Gasteiger partial charge is 0.481 e. The second-order valence-corrected chi connectivity index (χ2v) is 6.73. The van der Waals surface area contributed by atoms with Gasteiger partial charge in [0.1, 0.15) is 5.75 Å². The smallest absolute Gasteiger partial charge is 0.265 e. The number of ether oxygens (including phenoxy) is 1. The van der Waals surface area contributed by atoms with Gasteiger partial charge in [-0.05, 0) is 74.7 Å². The van der Waals surface area contributed by atoms with E-state index in [4.69, 9.17) is 10.5 Å². The summed E-state index contributed by atoms with van der Waals surface area (Å²) in [4.78, 5) is 25.8. The Balaban J connectivity index is 1.55. The zero-order chi connectivity index (χ0) is 19.2. The first-order valence-corrected chi connectivity index (χ1v) is 9.25. The average Bonchev–Trinajstić information content (AvgIpc) is 2.69. The van der Waals surface area contributed by atoms with E-state index < -0.39 is 12.0 Å². The molecule has 1 aliphatic heterocycles. The van der Waals surface area contributed by atoms with Gasteiger partial charge in [-0.2, -0.15) is 0 Å². The Kier molecular flexibility index (Phi) is 5.96. The van der Waals surface area contributed by atoms with Crippen LogP contribution >= 0.6 is 0 Å². The molecular weight excluding hydrogens is 342 g/mol. The number of anilines is 2. The summed E-state index contributed by atoms with van der Waals surface area (Å²) in [5, 5.41) is 2.87. The number of carbonyl (C=O) groups excluding carboxylic acids is 2. The molecule has 27 heavy (non-hydrogen) atoms. The zero-order valence-corrected chi connectivity index (χ0v) is 15.5. The van der Waals surface area contributed by atoms with Crippen molar-refractivity contribution in [2.24, 2.45) is 5.73 Å². The van der Waals surface area contributed by atoms with Gasteiger partial charge in [0, 0.05) is 30.0 Å². The maximum atomic E-state index is 12.4. The number of piperidine rings is 1. The highest BCUT2D eigenvalue weighted by molar-refractivity contribution is 5.94. The van der Waals surface area contributed by atoms with Crippen LogP contribution in [0.1, 0.15) is 36.5 Å². The van der Waals surface area contributed by atoms with Crippen LogP contribution in [0.2, 0.25) is 0 Å². The van der Waals surface area contributed by atoms with E-state index >= 15 is 0 Å². The molecule has 6 heteroatoms. The second kappa shape index (κ2) is 8.58. The fourth-order valence-corrected chi connectivity index (χ4v) is 3.11. The third-order valence-corrected chi connectivity index (χ3v) is 4.68. The minimum absolute atomic E-state index is 0.236. The quantitative estimate of drug-likeness (QED) is 0.821. The molecular formula is C21H25N3O3. The van der Waals surface area contributed by atoms with Gasteiger partial charge in [-0.15, -0.1) is 0 Å². The molecule has 0 bridgehead atoms. The van der Waals surface area contributed by atoms with Gasteiger partial charge >= 0.3 is 0 Å². The van der Waals surface area contributed by atoms with Crippen molar-refractivity contribution in [3.05, 3.63) is 54.1 Å². The zero-order valence-electron chi connectivity index (χ0n) is 15.5. The molecule has 0 aromatic heterocycles. The lowest BCUT2D eigenvalue weighted by Gasteiger charge is -2.28. The molecule has 2 aromatic rings. The van der Waals surface area contributed by atoms with Gasteiger partial charge < -0.3 is 20.7 Å². The molecule has 3 rings (SSSR count). The van der Waals surface area contributed by atoms with Crippen molar-refractivity contribution in [1.29, 1.82) is 0 Å². The molecule has 1 atom stereocenters. The van der Waals surface area contributed by atoms with Crippen LogP contribution in [0.4, 0.5) is 11.4 Å². The molecule has 2 aromatic carbocycles. The number of nitrogens with one attached hydrogen (secondary N) is 1. The summed E-state index contributed by atoms with van der Waals surface area (Å²) in [6.07, 6.45) is 3.08. The van der Waals surface area contributed by atoms with E-state index in [1.165, 1.54) is 24.9 Å². The monoisotopic (exact) mass is 367 g/mol. The first-order valence-electron chi connectivity index (χ1n) is 9.25. The number of benzene rings is 2. The number of rotatable bonds is 6. The van der Waals surface area contributed by atoms with E-state index in [9.17, 15) is 9.59 Å². The van der Waals surface area contributed by atoms with Crippen LogP contribution in [-0.2, 0) is 4.79 Å². The Labute approximate surface area is 159 Å². The summed E-state index contributed by atoms with van der Waals surface area (Å²) >= 11 is 0. The van der Waals surface area contributed by atoms with Crippen molar-refractivity contribution in [2.75, 3.05) is 23.3 Å². The summed E-state index contributed by atoms with van der Waals surface area (Å²) in [6, 6.07) is 14.3. The Morgan fingerprint density at radius 2 is 1.63 bits per heavy atom. The highest BCUT2D eigenvalue weighted by atomic mass is 16.5. The molecule has 142 valence electrons. The molecule has 1 fully saturated rings. The number of nitrogens with two attached hydrogens (primary N) is 1. The summed E-state index contributed by atoms with van der Waals surface area (Å²) in [6.45, 7) is 3.86. The topological polar surface area (TPSA) is 84.7 Å². The Morgan fingerprint density at radius 3 is 2.22 bits per heavy atom. The van der Waals surface area contributed by atoms with Gasteiger partial charge in [0.2, 0.25) is 5.91 Å². The molecule has 6 nitrogen and oxygen atoms in total. The number of hydrogen-bond donors (Lipinski definition) is 2. The van der Waals surface area contributed by atoms with Gasteiger partial charge in [0.05, 0.1) is 0 Å². The van der Waals surface area contributed by atoms with Gasteiger partial charge in [-0.25, -0.2) is 0 Å². The minimum atomic E-state index is -0.675. The van der Waals surface area contributed by atoms with Crippen LogP contribution in [0.3, 0.4) is 0 Å². The molecule has 2 amide bonds. The number of amides is 2. The molecule has 0 unspecified atom stereocenters. The Bertz CT molecular complexity index is 781. The predicted molar refractivity (Wildman–Crippen MR) is 106 cm³/mol.